The Morgan fingerprint density at radius 2 is 1.82 bits per heavy atom. The molecule has 1 saturated carbocycles. The summed E-state index contributed by atoms with van der Waals surface area (Å²) in [5, 5.41) is 0. The SMILES string of the molecule is COc1ccc(C)cc1[C@]1(C)CCCC1(C)C. The summed E-state index contributed by atoms with van der Waals surface area (Å²) in [5.41, 5.74) is 3.31. The zero-order valence-electron chi connectivity index (χ0n) is 11.8. The van der Waals surface area contributed by atoms with Crippen LogP contribution < -0.4 is 4.74 Å². The van der Waals surface area contributed by atoms with E-state index in [0.717, 1.165) is 5.75 Å². The van der Waals surface area contributed by atoms with E-state index in [-0.39, 0.29) is 5.41 Å². The summed E-state index contributed by atoms with van der Waals surface area (Å²) in [4.78, 5) is 0. The summed E-state index contributed by atoms with van der Waals surface area (Å²) in [6.45, 7) is 9.34. The molecule has 0 bridgehead atoms. The van der Waals surface area contributed by atoms with Gasteiger partial charge in [-0.2, -0.15) is 0 Å². The highest BCUT2D eigenvalue weighted by molar-refractivity contribution is 5.44. The Balaban J connectivity index is 2.56. The van der Waals surface area contributed by atoms with E-state index < -0.39 is 0 Å². The molecule has 0 aliphatic heterocycles. The van der Waals surface area contributed by atoms with Crippen molar-refractivity contribution in [3.05, 3.63) is 29.3 Å². The Hall–Kier alpha value is -0.980. The first-order valence-corrected chi connectivity index (χ1v) is 6.56. The van der Waals surface area contributed by atoms with E-state index in [4.69, 9.17) is 4.74 Å². The number of benzene rings is 1. The van der Waals surface area contributed by atoms with E-state index >= 15 is 0 Å². The van der Waals surface area contributed by atoms with E-state index in [1.165, 1.54) is 30.4 Å². The van der Waals surface area contributed by atoms with Crippen LogP contribution in [0.25, 0.3) is 0 Å². The maximum atomic E-state index is 5.57. The van der Waals surface area contributed by atoms with Crippen LogP contribution in [0.15, 0.2) is 18.2 Å². The van der Waals surface area contributed by atoms with Gasteiger partial charge in [-0.15, -0.1) is 0 Å². The molecule has 1 atom stereocenters. The van der Waals surface area contributed by atoms with Crippen molar-refractivity contribution >= 4 is 0 Å². The van der Waals surface area contributed by atoms with Gasteiger partial charge in [0, 0.05) is 11.0 Å². The minimum Gasteiger partial charge on any atom is -0.496 e. The largest absolute Gasteiger partial charge is 0.496 e. The molecule has 0 heterocycles. The second-order valence-corrected chi connectivity index (χ2v) is 6.27. The van der Waals surface area contributed by atoms with E-state index in [9.17, 15) is 0 Å². The highest BCUT2D eigenvalue weighted by atomic mass is 16.5. The molecular formula is C16H24O. The summed E-state index contributed by atoms with van der Waals surface area (Å²) in [6, 6.07) is 6.56. The average Bonchev–Trinajstić information content (AvgIpc) is 2.54. The lowest BCUT2D eigenvalue weighted by molar-refractivity contribution is 0.218. The maximum absolute atomic E-state index is 5.57. The van der Waals surface area contributed by atoms with Crippen LogP contribution in [-0.2, 0) is 5.41 Å². The highest BCUT2D eigenvalue weighted by Gasteiger charge is 2.47. The normalized spacial score (nSPS) is 27.1. The predicted octanol–water partition coefficient (Wildman–Crippen LogP) is 4.47. The van der Waals surface area contributed by atoms with Crippen molar-refractivity contribution in [2.24, 2.45) is 5.41 Å². The van der Waals surface area contributed by atoms with Crippen LogP contribution in [0.2, 0.25) is 0 Å². The minimum absolute atomic E-state index is 0.240. The zero-order chi connectivity index (χ0) is 12.7. The van der Waals surface area contributed by atoms with Crippen molar-refractivity contribution < 1.29 is 4.74 Å². The van der Waals surface area contributed by atoms with Crippen LogP contribution in [0, 0.1) is 12.3 Å². The van der Waals surface area contributed by atoms with E-state index in [1.807, 2.05) is 0 Å². The van der Waals surface area contributed by atoms with Gasteiger partial charge in [-0.3, -0.25) is 0 Å². The van der Waals surface area contributed by atoms with Crippen molar-refractivity contribution in [3.8, 4) is 5.75 Å². The van der Waals surface area contributed by atoms with Crippen LogP contribution in [0.5, 0.6) is 5.75 Å². The van der Waals surface area contributed by atoms with Crippen LogP contribution in [0.3, 0.4) is 0 Å². The van der Waals surface area contributed by atoms with Gasteiger partial charge < -0.3 is 4.74 Å². The van der Waals surface area contributed by atoms with Gasteiger partial charge in [-0.25, -0.2) is 0 Å². The number of hydrogen-bond acceptors (Lipinski definition) is 1. The van der Waals surface area contributed by atoms with Crippen molar-refractivity contribution in [1.82, 2.24) is 0 Å². The minimum atomic E-state index is 0.240. The molecule has 0 amide bonds. The molecule has 0 N–H and O–H groups in total. The summed E-state index contributed by atoms with van der Waals surface area (Å²) in [7, 11) is 1.78. The Morgan fingerprint density at radius 1 is 1.12 bits per heavy atom. The van der Waals surface area contributed by atoms with Gasteiger partial charge in [-0.05, 0) is 31.2 Å². The fourth-order valence-corrected chi connectivity index (χ4v) is 3.25. The number of methoxy groups -OCH3 is 1. The van der Waals surface area contributed by atoms with E-state index in [1.54, 1.807) is 7.11 Å². The predicted molar refractivity (Wildman–Crippen MR) is 72.7 cm³/mol. The van der Waals surface area contributed by atoms with E-state index in [0.29, 0.717) is 5.41 Å². The third kappa shape index (κ3) is 1.86. The Bertz CT molecular complexity index is 420. The van der Waals surface area contributed by atoms with Gasteiger partial charge in [0.2, 0.25) is 0 Å². The Labute approximate surface area is 105 Å². The average molecular weight is 232 g/mol. The third-order valence-corrected chi connectivity index (χ3v) is 4.92. The number of aryl methyl sites for hydroxylation is 1. The second-order valence-electron chi connectivity index (χ2n) is 6.27. The lowest BCUT2D eigenvalue weighted by atomic mass is 9.65. The zero-order valence-corrected chi connectivity index (χ0v) is 11.8. The molecule has 0 unspecified atom stereocenters. The van der Waals surface area contributed by atoms with Crippen molar-refractivity contribution in [2.45, 2.75) is 52.4 Å². The van der Waals surface area contributed by atoms with Crippen molar-refractivity contribution in [2.75, 3.05) is 7.11 Å². The molecule has 94 valence electrons. The number of rotatable bonds is 2. The van der Waals surface area contributed by atoms with Crippen LogP contribution in [-0.4, -0.2) is 7.11 Å². The van der Waals surface area contributed by atoms with Crippen molar-refractivity contribution in [1.29, 1.82) is 0 Å². The van der Waals surface area contributed by atoms with Gasteiger partial charge in [-0.1, -0.05) is 44.9 Å². The summed E-state index contributed by atoms with van der Waals surface area (Å²) >= 11 is 0. The Morgan fingerprint density at radius 3 is 2.35 bits per heavy atom. The topological polar surface area (TPSA) is 9.23 Å². The third-order valence-electron chi connectivity index (χ3n) is 4.92. The molecule has 1 fully saturated rings. The number of hydrogen-bond donors (Lipinski definition) is 0. The molecule has 2 rings (SSSR count). The van der Waals surface area contributed by atoms with Gasteiger partial charge in [0.05, 0.1) is 7.11 Å². The molecule has 0 radical (unpaired) electrons. The molecule has 1 aliphatic carbocycles. The quantitative estimate of drug-likeness (QED) is 0.731. The molecular weight excluding hydrogens is 208 g/mol. The van der Waals surface area contributed by atoms with Crippen molar-refractivity contribution in [3.63, 3.8) is 0 Å². The molecule has 1 aromatic carbocycles. The molecule has 0 saturated heterocycles. The first-order valence-electron chi connectivity index (χ1n) is 6.56. The van der Waals surface area contributed by atoms with Crippen LogP contribution >= 0.6 is 0 Å². The first-order chi connectivity index (χ1) is 7.90. The molecule has 1 aliphatic rings. The van der Waals surface area contributed by atoms with Crippen LogP contribution in [0.4, 0.5) is 0 Å². The van der Waals surface area contributed by atoms with Crippen LogP contribution in [0.1, 0.15) is 51.2 Å². The van der Waals surface area contributed by atoms with Gasteiger partial charge in [0.25, 0.3) is 0 Å². The van der Waals surface area contributed by atoms with Gasteiger partial charge in [0.1, 0.15) is 5.75 Å². The Kier molecular flexibility index (Phi) is 2.97. The van der Waals surface area contributed by atoms with Gasteiger partial charge >= 0.3 is 0 Å². The summed E-state index contributed by atoms with van der Waals surface area (Å²) < 4.78 is 5.57. The summed E-state index contributed by atoms with van der Waals surface area (Å²) in [5.74, 6) is 1.05. The standard InChI is InChI=1S/C16H24O/c1-12-7-8-14(17-5)13(11-12)16(4)10-6-9-15(16,2)3/h7-8,11H,6,9-10H2,1-5H3/t16-/m0/s1. The van der Waals surface area contributed by atoms with E-state index in [2.05, 4.69) is 45.9 Å². The lowest BCUT2D eigenvalue weighted by Crippen LogP contribution is -2.34. The molecule has 0 spiro atoms. The molecule has 0 aromatic heterocycles. The second kappa shape index (κ2) is 4.04. The first kappa shape index (κ1) is 12.5. The highest BCUT2D eigenvalue weighted by Crippen LogP contribution is 2.55. The van der Waals surface area contributed by atoms with Gasteiger partial charge in [0.15, 0.2) is 0 Å². The smallest absolute Gasteiger partial charge is 0.122 e. The lowest BCUT2D eigenvalue weighted by Gasteiger charge is -2.40. The number of ether oxygens (including phenoxy) is 1. The molecule has 17 heavy (non-hydrogen) atoms. The summed E-state index contributed by atoms with van der Waals surface area (Å²) in [6.07, 6.45) is 3.89. The molecule has 1 nitrogen and oxygen atoms in total. The molecule has 1 aromatic rings. The fourth-order valence-electron chi connectivity index (χ4n) is 3.25. The maximum Gasteiger partial charge on any atom is 0.122 e. The fraction of sp³-hybridized carbons (Fsp3) is 0.625. The molecule has 1 heteroatoms. The monoisotopic (exact) mass is 232 g/mol.